The van der Waals surface area contributed by atoms with E-state index < -0.39 is 15.8 Å². The van der Waals surface area contributed by atoms with Gasteiger partial charge in [0.1, 0.15) is 10.6 Å². The number of carbonyl (C=O) groups is 1. The summed E-state index contributed by atoms with van der Waals surface area (Å²) < 4.78 is 37.8. The van der Waals surface area contributed by atoms with Gasteiger partial charge in [0.05, 0.1) is 46.8 Å². The van der Waals surface area contributed by atoms with Gasteiger partial charge in [0.2, 0.25) is 9.84 Å². The number of nitrogen functional groups attached to an aromatic ring is 1. The molecule has 3 aromatic carbocycles. The highest BCUT2D eigenvalue weighted by Gasteiger charge is 2.28. The Morgan fingerprint density at radius 2 is 1.77 bits per heavy atom. The number of hydrazine groups is 1. The summed E-state index contributed by atoms with van der Waals surface area (Å²) in [5, 5.41) is 1.54. The van der Waals surface area contributed by atoms with Crippen molar-refractivity contribution in [2.75, 3.05) is 24.5 Å². The van der Waals surface area contributed by atoms with Crippen LogP contribution in [0, 0.1) is 0 Å². The third-order valence-electron chi connectivity index (χ3n) is 5.41. The zero-order valence-electron chi connectivity index (χ0n) is 19.1. The van der Waals surface area contributed by atoms with Gasteiger partial charge in [-0.15, -0.1) is 0 Å². The van der Waals surface area contributed by atoms with Crippen molar-refractivity contribution in [2.45, 2.75) is 16.7 Å². The van der Waals surface area contributed by atoms with E-state index >= 15 is 0 Å². The van der Waals surface area contributed by atoms with Crippen LogP contribution in [0.5, 0.6) is 5.75 Å². The van der Waals surface area contributed by atoms with Gasteiger partial charge in [-0.25, -0.2) is 19.1 Å². The van der Waals surface area contributed by atoms with Crippen LogP contribution in [0.1, 0.15) is 17.3 Å². The summed E-state index contributed by atoms with van der Waals surface area (Å²) in [5.74, 6) is 6.48. The van der Waals surface area contributed by atoms with Gasteiger partial charge >= 0.3 is 5.97 Å². The number of benzene rings is 3. The fourth-order valence-corrected chi connectivity index (χ4v) is 5.06. The molecule has 0 saturated carbocycles. The lowest BCUT2D eigenvalue weighted by atomic mass is 10.1. The smallest absolute Gasteiger partial charge is 0.338 e. The molecule has 4 N–H and O–H groups in total. The zero-order chi connectivity index (χ0) is 25.2. The molecular formula is C25H24N4O5S. The topological polar surface area (TPSA) is 138 Å². The molecule has 0 aliphatic carbocycles. The largest absolute Gasteiger partial charge is 0.497 e. The molecule has 0 amide bonds. The Kier molecular flexibility index (Phi) is 6.59. The first kappa shape index (κ1) is 24.0. The van der Waals surface area contributed by atoms with Crippen LogP contribution in [0.2, 0.25) is 0 Å². The third-order valence-corrected chi connectivity index (χ3v) is 7.18. The minimum Gasteiger partial charge on any atom is -0.497 e. The van der Waals surface area contributed by atoms with Crippen molar-refractivity contribution < 1.29 is 22.7 Å². The molecule has 0 spiro atoms. The van der Waals surface area contributed by atoms with Crippen molar-refractivity contribution in [3.05, 3.63) is 78.5 Å². The number of pyridine rings is 1. The summed E-state index contributed by atoms with van der Waals surface area (Å²) in [7, 11) is -2.60. The Bertz CT molecular complexity index is 1500. The fraction of sp³-hybridized carbons (Fsp3) is 0.120. The maximum Gasteiger partial charge on any atom is 0.338 e. The highest BCUT2D eigenvalue weighted by molar-refractivity contribution is 7.91. The van der Waals surface area contributed by atoms with Crippen LogP contribution in [-0.4, -0.2) is 33.1 Å². The molecule has 1 heterocycles. The van der Waals surface area contributed by atoms with Gasteiger partial charge in [-0.05, 0) is 61.5 Å². The van der Waals surface area contributed by atoms with Crippen molar-refractivity contribution in [1.29, 1.82) is 0 Å². The van der Waals surface area contributed by atoms with Crippen molar-refractivity contribution in [2.24, 2.45) is 5.84 Å². The molecule has 0 aliphatic heterocycles. The Hall–Kier alpha value is -4.15. The summed E-state index contributed by atoms with van der Waals surface area (Å²) in [4.78, 5) is 16.6. The van der Waals surface area contributed by atoms with Crippen molar-refractivity contribution in [3.63, 3.8) is 0 Å². The van der Waals surface area contributed by atoms with Crippen molar-refractivity contribution in [1.82, 2.24) is 4.98 Å². The minimum absolute atomic E-state index is 0.0247. The number of nitrogens with zero attached hydrogens (tertiary/aromatic N) is 2. The van der Waals surface area contributed by atoms with Crippen LogP contribution in [-0.2, 0) is 14.6 Å². The summed E-state index contributed by atoms with van der Waals surface area (Å²) in [5.41, 5.74) is 7.66. The molecule has 0 aliphatic rings. The number of aromatic nitrogens is 1. The minimum atomic E-state index is -4.09. The molecule has 0 fully saturated rings. The quantitative estimate of drug-likeness (QED) is 0.170. The van der Waals surface area contributed by atoms with E-state index in [0.29, 0.717) is 28.0 Å². The molecular weight excluding hydrogens is 468 g/mol. The van der Waals surface area contributed by atoms with Gasteiger partial charge < -0.3 is 15.2 Å². The van der Waals surface area contributed by atoms with Gasteiger partial charge in [-0.2, -0.15) is 0 Å². The van der Waals surface area contributed by atoms with E-state index in [1.54, 1.807) is 55.5 Å². The molecule has 0 saturated heterocycles. The Labute approximate surface area is 202 Å². The van der Waals surface area contributed by atoms with Crippen LogP contribution in [0.25, 0.3) is 10.9 Å². The molecule has 0 radical (unpaired) electrons. The number of esters is 1. The van der Waals surface area contributed by atoms with Crippen molar-refractivity contribution >= 4 is 43.8 Å². The molecule has 4 rings (SSSR count). The second-order valence-electron chi connectivity index (χ2n) is 7.53. The van der Waals surface area contributed by atoms with Gasteiger partial charge in [-0.1, -0.05) is 12.1 Å². The number of fused-ring (bicyclic) bond motifs is 1. The lowest BCUT2D eigenvalue weighted by Gasteiger charge is -2.25. The summed E-state index contributed by atoms with van der Waals surface area (Å²) in [6.45, 7) is 1.89. The number of methoxy groups -OCH3 is 1. The van der Waals surface area contributed by atoms with Crippen LogP contribution in [0.3, 0.4) is 0 Å². The maximum absolute atomic E-state index is 13.8. The number of hydrogen-bond acceptors (Lipinski definition) is 9. The standard InChI is InChI=1S/C25H24N4O5S/c1-3-34-25(30)16-8-13-21-19(14-16)24(29(27)22-7-5-4-6-20(22)26)23(15-28-21)35(31,32)18-11-9-17(33-2)10-12-18/h4-15H,3,26-27H2,1-2H3. The average molecular weight is 493 g/mol. The lowest BCUT2D eigenvalue weighted by molar-refractivity contribution is 0.0526. The summed E-state index contributed by atoms with van der Waals surface area (Å²) >= 11 is 0. The molecule has 9 nitrogen and oxygen atoms in total. The fourth-order valence-electron chi connectivity index (χ4n) is 3.66. The zero-order valence-corrected chi connectivity index (χ0v) is 20.0. The average Bonchev–Trinajstić information content (AvgIpc) is 2.87. The maximum atomic E-state index is 13.8. The van der Waals surface area contributed by atoms with E-state index in [0.717, 1.165) is 0 Å². The van der Waals surface area contributed by atoms with E-state index in [1.165, 1.54) is 36.5 Å². The number of hydrogen-bond donors (Lipinski definition) is 2. The van der Waals surface area contributed by atoms with E-state index in [9.17, 15) is 13.2 Å². The van der Waals surface area contributed by atoms with E-state index in [-0.39, 0.29) is 27.6 Å². The normalized spacial score (nSPS) is 11.3. The second-order valence-corrected chi connectivity index (χ2v) is 9.45. The van der Waals surface area contributed by atoms with Crippen LogP contribution >= 0.6 is 0 Å². The molecule has 0 bridgehead atoms. The first-order chi connectivity index (χ1) is 16.8. The molecule has 10 heteroatoms. The molecule has 0 unspecified atom stereocenters. The van der Waals surface area contributed by atoms with E-state index in [4.69, 9.17) is 21.1 Å². The number of sulfone groups is 1. The van der Waals surface area contributed by atoms with Crippen LogP contribution in [0.4, 0.5) is 17.1 Å². The Balaban J connectivity index is 2.01. The Morgan fingerprint density at radius 3 is 2.43 bits per heavy atom. The number of anilines is 3. The first-order valence-electron chi connectivity index (χ1n) is 10.7. The Morgan fingerprint density at radius 1 is 1.06 bits per heavy atom. The van der Waals surface area contributed by atoms with Gasteiger partial charge in [0.15, 0.2) is 0 Å². The van der Waals surface area contributed by atoms with Crippen LogP contribution in [0.15, 0.2) is 82.7 Å². The first-order valence-corrected chi connectivity index (χ1v) is 12.1. The predicted octanol–water partition coefficient (Wildman–Crippen LogP) is 3.85. The molecule has 1 aromatic heterocycles. The van der Waals surface area contributed by atoms with Crippen LogP contribution < -0.4 is 21.3 Å². The highest BCUT2D eigenvalue weighted by Crippen LogP contribution is 2.39. The highest BCUT2D eigenvalue weighted by atomic mass is 32.2. The lowest BCUT2D eigenvalue weighted by Crippen LogP contribution is -2.28. The van der Waals surface area contributed by atoms with Gasteiger partial charge in [0, 0.05) is 11.6 Å². The van der Waals surface area contributed by atoms with E-state index in [1.807, 2.05) is 0 Å². The molecule has 180 valence electrons. The van der Waals surface area contributed by atoms with E-state index in [2.05, 4.69) is 4.98 Å². The summed E-state index contributed by atoms with van der Waals surface area (Å²) in [6.07, 6.45) is 1.25. The number of carbonyl (C=O) groups excluding carboxylic acids is 1. The SMILES string of the molecule is CCOC(=O)c1ccc2ncc(S(=O)(=O)c3ccc(OC)cc3)c(N(N)c3ccccc3N)c2c1. The number of para-hydroxylation sites is 2. The predicted molar refractivity (Wildman–Crippen MR) is 133 cm³/mol. The number of rotatable bonds is 7. The number of nitrogens with two attached hydrogens (primary N) is 2. The second kappa shape index (κ2) is 9.61. The monoisotopic (exact) mass is 492 g/mol. The molecule has 35 heavy (non-hydrogen) atoms. The molecule has 4 aromatic rings. The van der Waals surface area contributed by atoms with Gasteiger partial charge in [-0.3, -0.25) is 9.99 Å². The molecule has 0 atom stereocenters. The van der Waals surface area contributed by atoms with Gasteiger partial charge in [0.25, 0.3) is 0 Å². The summed E-state index contributed by atoms with van der Waals surface area (Å²) in [6, 6.07) is 17.5. The number of ether oxygens (including phenoxy) is 2. The third kappa shape index (κ3) is 4.48. The van der Waals surface area contributed by atoms with Crippen molar-refractivity contribution in [3.8, 4) is 5.75 Å².